The second-order valence-electron chi connectivity index (χ2n) is 6.01. The van der Waals surface area contributed by atoms with Gasteiger partial charge in [0, 0.05) is 29.5 Å². The lowest BCUT2D eigenvalue weighted by atomic mass is 10.1. The van der Waals surface area contributed by atoms with Crippen molar-refractivity contribution in [2.45, 2.75) is 19.8 Å². The standard InChI is InChI=1S/C21H21N3O2S/c1-2-15-8-10-16(11-9-15)18-14-27-21(23-18)24-19(25)12-13-22-20(26)17-6-4-3-5-7-17/h3-11,14H,2,12-13H2,1H3,(H,22,26)(H,23,24,25). The van der Waals surface area contributed by atoms with Crippen molar-refractivity contribution in [2.24, 2.45) is 0 Å². The highest BCUT2D eigenvalue weighted by Gasteiger charge is 2.09. The van der Waals surface area contributed by atoms with Gasteiger partial charge in [0.2, 0.25) is 5.91 Å². The topological polar surface area (TPSA) is 71.1 Å². The highest BCUT2D eigenvalue weighted by Crippen LogP contribution is 2.25. The van der Waals surface area contributed by atoms with Crippen LogP contribution in [-0.4, -0.2) is 23.3 Å². The fourth-order valence-corrected chi connectivity index (χ4v) is 3.27. The Bertz CT molecular complexity index is 905. The maximum atomic E-state index is 12.1. The first-order valence-corrected chi connectivity index (χ1v) is 9.71. The van der Waals surface area contributed by atoms with Crippen LogP contribution in [0.1, 0.15) is 29.3 Å². The Kier molecular flexibility index (Phi) is 6.33. The highest BCUT2D eigenvalue weighted by molar-refractivity contribution is 7.14. The number of aromatic nitrogens is 1. The second-order valence-corrected chi connectivity index (χ2v) is 6.87. The summed E-state index contributed by atoms with van der Waals surface area (Å²) < 4.78 is 0. The van der Waals surface area contributed by atoms with Gasteiger partial charge in [0.25, 0.3) is 5.91 Å². The lowest BCUT2D eigenvalue weighted by Gasteiger charge is -2.05. The molecule has 0 aliphatic carbocycles. The van der Waals surface area contributed by atoms with Crippen molar-refractivity contribution in [3.8, 4) is 11.3 Å². The van der Waals surface area contributed by atoms with Crippen molar-refractivity contribution in [1.82, 2.24) is 10.3 Å². The van der Waals surface area contributed by atoms with Gasteiger partial charge in [0.05, 0.1) is 5.69 Å². The van der Waals surface area contributed by atoms with Crippen molar-refractivity contribution >= 4 is 28.3 Å². The Morgan fingerprint density at radius 3 is 2.48 bits per heavy atom. The van der Waals surface area contributed by atoms with Crippen LogP contribution in [0, 0.1) is 0 Å². The first-order valence-electron chi connectivity index (χ1n) is 8.83. The summed E-state index contributed by atoms with van der Waals surface area (Å²) in [6.07, 6.45) is 1.19. The minimum Gasteiger partial charge on any atom is -0.352 e. The molecule has 0 radical (unpaired) electrons. The molecule has 0 atom stereocenters. The van der Waals surface area contributed by atoms with Gasteiger partial charge in [-0.15, -0.1) is 11.3 Å². The molecular weight excluding hydrogens is 358 g/mol. The summed E-state index contributed by atoms with van der Waals surface area (Å²) >= 11 is 1.39. The highest BCUT2D eigenvalue weighted by atomic mass is 32.1. The van der Waals surface area contributed by atoms with Crippen LogP contribution in [-0.2, 0) is 11.2 Å². The molecule has 3 aromatic rings. The number of rotatable bonds is 7. The van der Waals surface area contributed by atoms with E-state index >= 15 is 0 Å². The van der Waals surface area contributed by atoms with E-state index < -0.39 is 0 Å². The fraction of sp³-hybridized carbons (Fsp3) is 0.190. The fourth-order valence-electron chi connectivity index (χ4n) is 2.54. The third kappa shape index (κ3) is 5.24. The normalized spacial score (nSPS) is 10.4. The van der Waals surface area contributed by atoms with Crippen molar-refractivity contribution in [1.29, 1.82) is 0 Å². The Morgan fingerprint density at radius 1 is 1.04 bits per heavy atom. The molecule has 138 valence electrons. The first kappa shape index (κ1) is 18.8. The van der Waals surface area contributed by atoms with E-state index in [0.29, 0.717) is 10.7 Å². The predicted molar refractivity (Wildman–Crippen MR) is 109 cm³/mol. The summed E-state index contributed by atoms with van der Waals surface area (Å²) in [7, 11) is 0. The van der Waals surface area contributed by atoms with Gasteiger partial charge < -0.3 is 10.6 Å². The molecule has 0 aliphatic rings. The number of anilines is 1. The van der Waals surface area contributed by atoms with Gasteiger partial charge in [-0.2, -0.15) is 0 Å². The van der Waals surface area contributed by atoms with Crippen LogP contribution in [0.4, 0.5) is 5.13 Å². The summed E-state index contributed by atoms with van der Waals surface area (Å²) in [5, 5.41) is 8.01. The van der Waals surface area contributed by atoms with Crippen molar-refractivity contribution < 1.29 is 9.59 Å². The third-order valence-electron chi connectivity index (χ3n) is 4.08. The van der Waals surface area contributed by atoms with E-state index in [4.69, 9.17) is 0 Å². The van der Waals surface area contributed by atoms with E-state index in [1.54, 1.807) is 24.3 Å². The molecule has 6 heteroatoms. The van der Waals surface area contributed by atoms with Gasteiger partial charge in [0.1, 0.15) is 0 Å². The SMILES string of the molecule is CCc1ccc(-c2csc(NC(=O)CCNC(=O)c3ccccc3)n2)cc1. The number of nitrogens with zero attached hydrogens (tertiary/aromatic N) is 1. The molecule has 0 aliphatic heterocycles. The molecule has 0 saturated carbocycles. The molecule has 0 bridgehead atoms. The molecule has 0 saturated heterocycles. The molecule has 2 aromatic carbocycles. The van der Waals surface area contributed by atoms with Crippen molar-refractivity contribution in [2.75, 3.05) is 11.9 Å². The zero-order valence-corrected chi connectivity index (χ0v) is 15.9. The molecule has 27 heavy (non-hydrogen) atoms. The van der Waals surface area contributed by atoms with E-state index in [-0.39, 0.29) is 24.8 Å². The third-order valence-corrected chi connectivity index (χ3v) is 4.84. The first-order chi connectivity index (χ1) is 13.2. The number of hydrogen-bond donors (Lipinski definition) is 2. The monoisotopic (exact) mass is 379 g/mol. The quantitative estimate of drug-likeness (QED) is 0.648. The van der Waals surface area contributed by atoms with Crippen LogP contribution >= 0.6 is 11.3 Å². The lowest BCUT2D eigenvalue weighted by molar-refractivity contribution is -0.116. The summed E-state index contributed by atoms with van der Waals surface area (Å²) in [6, 6.07) is 17.2. The Labute approximate surface area is 162 Å². The number of carbonyl (C=O) groups is 2. The van der Waals surface area contributed by atoms with E-state index in [1.807, 2.05) is 23.6 Å². The Balaban J connectivity index is 1.48. The molecular formula is C21H21N3O2S. The van der Waals surface area contributed by atoms with Crippen LogP contribution in [0.2, 0.25) is 0 Å². The minimum absolute atomic E-state index is 0.175. The number of carbonyl (C=O) groups excluding carboxylic acids is 2. The number of aryl methyl sites for hydroxylation is 1. The van der Waals surface area contributed by atoms with Gasteiger partial charge in [-0.3, -0.25) is 9.59 Å². The summed E-state index contributed by atoms with van der Waals surface area (Å²) in [6.45, 7) is 2.39. The maximum Gasteiger partial charge on any atom is 0.251 e. The molecule has 0 fully saturated rings. The Morgan fingerprint density at radius 2 is 1.78 bits per heavy atom. The number of thiazole rings is 1. The van der Waals surface area contributed by atoms with Crippen LogP contribution < -0.4 is 10.6 Å². The largest absolute Gasteiger partial charge is 0.352 e. The van der Waals surface area contributed by atoms with E-state index in [0.717, 1.165) is 17.7 Å². The lowest BCUT2D eigenvalue weighted by Crippen LogP contribution is -2.27. The molecule has 1 heterocycles. The maximum absolute atomic E-state index is 12.1. The predicted octanol–water partition coefficient (Wildman–Crippen LogP) is 4.13. The molecule has 2 N–H and O–H groups in total. The van der Waals surface area contributed by atoms with Gasteiger partial charge >= 0.3 is 0 Å². The van der Waals surface area contributed by atoms with Gasteiger partial charge in [-0.05, 0) is 24.1 Å². The van der Waals surface area contributed by atoms with Crippen LogP contribution in [0.25, 0.3) is 11.3 Å². The molecule has 0 unspecified atom stereocenters. The van der Waals surface area contributed by atoms with Gasteiger partial charge in [-0.25, -0.2) is 4.98 Å². The molecule has 0 spiro atoms. The van der Waals surface area contributed by atoms with E-state index in [2.05, 4.69) is 34.7 Å². The average molecular weight is 379 g/mol. The Hall–Kier alpha value is -2.99. The van der Waals surface area contributed by atoms with Crippen LogP contribution in [0.5, 0.6) is 0 Å². The smallest absolute Gasteiger partial charge is 0.251 e. The molecule has 1 aromatic heterocycles. The van der Waals surface area contributed by atoms with Gasteiger partial charge in [-0.1, -0.05) is 49.4 Å². The van der Waals surface area contributed by atoms with E-state index in [9.17, 15) is 9.59 Å². The number of hydrogen-bond acceptors (Lipinski definition) is 4. The minimum atomic E-state index is -0.185. The molecule has 2 amide bonds. The number of amides is 2. The van der Waals surface area contributed by atoms with Crippen LogP contribution in [0.3, 0.4) is 0 Å². The molecule has 5 nitrogen and oxygen atoms in total. The number of benzene rings is 2. The summed E-state index contributed by atoms with van der Waals surface area (Å²) in [5.74, 6) is -0.360. The summed E-state index contributed by atoms with van der Waals surface area (Å²) in [5.41, 5.74) is 3.73. The summed E-state index contributed by atoms with van der Waals surface area (Å²) in [4.78, 5) is 28.5. The second kappa shape index (κ2) is 9.09. The number of nitrogens with one attached hydrogen (secondary N) is 2. The van der Waals surface area contributed by atoms with Crippen molar-refractivity contribution in [3.05, 3.63) is 71.1 Å². The zero-order chi connectivity index (χ0) is 19.1. The van der Waals surface area contributed by atoms with E-state index in [1.165, 1.54) is 16.9 Å². The molecule has 3 rings (SSSR count). The zero-order valence-electron chi connectivity index (χ0n) is 15.1. The van der Waals surface area contributed by atoms with Gasteiger partial charge in [0.15, 0.2) is 5.13 Å². The van der Waals surface area contributed by atoms with Crippen molar-refractivity contribution in [3.63, 3.8) is 0 Å². The van der Waals surface area contributed by atoms with Crippen LogP contribution in [0.15, 0.2) is 60.0 Å². The average Bonchev–Trinajstić information content (AvgIpc) is 3.17.